The average Bonchev–Trinajstić information content (AvgIpc) is 2.74. The van der Waals surface area contributed by atoms with E-state index in [2.05, 4.69) is 6.07 Å². The second-order valence-corrected chi connectivity index (χ2v) is 5.45. The molecule has 2 unspecified atom stereocenters. The van der Waals surface area contributed by atoms with E-state index in [4.69, 9.17) is 10.5 Å². The van der Waals surface area contributed by atoms with Gasteiger partial charge in [0.15, 0.2) is 0 Å². The normalized spacial score (nSPS) is 24.4. The van der Waals surface area contributed by atoms with E-state index in [0.29, 0.717) is 6.42 Å². The summed E-state index contributed by atoms with van der Waals surface area (Å²) in [6.07, 6.45) is 3.94. The second-order valence-electron chi connectivity index (χ2n) is 5.45. The van der Waals surface area contributed by atoms with Crippen LogP contribution in [0.3, 0.4) is 0 Å². The van der Waals surface area contributed by atoms with E-state index < -0.39 is 0 Å². The predicted octanol–water partition coefficient (Wildman–Crippen LogP) is 1.77. The molecule has 0 aliphatic carbocycles. The van der Waals surface area contributed by atoms with Crippen molar-refractivity contribution in [2.45, 2.75) is 37.8 Å². The molecule has 1 amide bonds. The number of fused-ring (bicyclic) bond motifs is 1. The number of carbonyl (C=O) groups excluding carboxylic acids is 1. The molecule has 4 nitrogen and oxygen atoms in total. The Morgan fingerprint density at radius 3 is 3.00 bits per heavy atom. The van der Waals surface area contributed by atoms with Crippen molar-refractivity contribution < 1.29 is 9.53 Å². The largest absolute Gasteiger partial charge is 0.376 e. The number of nitrogens with two attached hydrogens (primary N) is 1. The third-order valence-corrected chi connectivity index (χ3v) is 4.18. The molecular weight excluding hydrogens is 240 g/mol. The van der Waals surface area contributed by atoms with Crippen molar-refractivity contribution in [3.8, 4) is 0 Å². The number of carbonyl (C=O) groups is 1. The molecule has 102 valence electrons. The minimum Gasteiger partial charge on any atom is -0.376 e. The molecule has 2 heterocycles. The Balaban J connectivity index is 1.82. The van der Waals surface area contributed by atoms with Gasteiger partial charge >= 0.3 is 0 Å². The van der Waals surface area contributed by atoms with Crippen molar-refractivity contribution >= 4 is 11.6 Å². The molecule has 0 saturated carbocycles. The van der Waals surface area contributed by atoms with Crippen LogP contribution in [0, 0.1) is 0 Å². The lowest BCUT2D eigenvalue weighted by Crippen LogP contribution is -2.31. The predicted molar refractivity (Wildman–Crippen MR) is 74.1 cm³/mol. The summed E-state index contributed by atoms with van der Waals surface area (Å²) in [4.78, 5) is 13.4. The van der Waals surface area contributed by atoms with Gasteiger partial charge in [-0.2, -0.15) is 0 Å². The molecule has 1 fully saturated rings. The molecule has 1 saturated heterocycles. The SMILES string of the molecule is CN1C(=O)Cc2cc(C(N)C3CCCCO3)ccc21. The quantitative estimate of drug-likeness (QED) is 0.881. The summed E-state index contributed by atoms with van der Waals surface area (Å²) < 4.78 is 5.75. The molecule has 3 rings (SSSR count). The minimum atomic E-state index is -0.0911. The Morgan fingerprint density at radius 2 is 2.26 bits per heavy atom. The lowest BCUT2D eigenvalue weighted by molar-refractivity contribution is -0.117. The maximum atomic E-state index is 11.7. The number of rotatable bonds is 2. The zero-order chi connectivity index (χ0) is 13.4. The number of nitrogens with zero attached hydrogens (tertiary/aromatic N) is 1. The molecule has 2 N–H and O–H groups in total. The van der Waals surface area contributed by atoms with Crippen molar-refractivity contribution in [3.63, 3.8) is 0 Å². The standard InChI is InChI=1S/C15H20N2O2/c1-17-12-6-5-10(8-11(12)9-14(17)18)15(16)13-4-2-3-7-19-13/h5-6,8,13,15H,2-4,7,9,16H2,1H3. The maximum Gasteiger partial charge on any atom is 0.231 e. The lowest BCUT2D eigenvalue weighted by Gasteiger charge is -2.28. The number of likely N-dealkylation sites (N-methyl/N-ethyl adjacent to an activating group) is 1. The van der Waals surface area contributed by atoms with Crippen molar-refractivity contribution in [1.82, 2.24) is 0 Å². The van der Waals surface area contributed by atoms with Gasteiger partial charge in [-0.25, -0.2) is 0 Å². The summed E-state index contributed by atoms with van der Waals surface area (Å²) >= 11 is 0. The van der Waals surface area contributed by atoms with Gasteiger partial charge in [-0.3, -0.25) is 4.79 Å². The fraction of sp³-hybridized carbons (Fsp3) is 0.533. The summed E-state index contributed by atoms with van der Waals surface area (Å²) in [5, 5.41) is 0. The van der Waals surface area contributed by atoms with Gasteiger partial charge in [0.1, 0.15) is 0 Å². The molecule has 2 aliphatic heterocycles. The van der Waals surface area contributed by atoms with Gasteiger partial charge in [-0.05, 0) is 36.5 Å². The zero-order valence-corrected chi connectivity index (χ0v) is 11.3. The van der Waals surface area contributed by atoms with Gasteiger partial charge < -0.3 is 15.4 Å². The van der Waals surface area contributed by atoms with E-state index in [-0.39, 0.29) is 18.1 Å². The fourth-order valence-corrected chi connectivity index (χ4v) is 2.96. The number of anilines is 1. The highest BCUT2D eigenvalue weighted by Crippen LogP contribution is 2.32. The molecule has 19 heavy (non-hydrogen) atoms. The van der Waals surface area contributed by atoms with E-state index >= 15 is 0 Å². The summed E-state index contributed by atoms with van der Waals surface area (Å²) in [5.41, 5.74) is 9.47. The van der Waals surface area contributed by atoms with Gasteiger partial charge in [0.2, 0.25) is 5.91 Å². The number of amides is 1. The van der Waals surface area contributed by atoms with Crippen molar-refractivity contribution in [2.24, 2.45) is 5.73 Å². The summed E-state index contributed by atoms with van der Waals surface area (Å²) in [5.74, 6) is 0.148. The highest BCUT2D eigenvalue weighted by molar-refractivity contribution is 6.00. The maximum absolute atomic E-state index is 11.7. The molecule has 2 atom stereocenters. The number of ether oxygens (including phenoxy) is 1. The van der Waals surface area contributed by atoms with E-state index in [9.17, 15) is 4.79 Å². The van der Waals surface area contributed by atoms with E-state index in [1.54, 1.807) is 4.90 Å². The third kappa shape index (κ3) is 2.26. The molecular formula is C15H20N2O2. The first kappa shape index (κ1) is 12.6. The van der Waals surface area contributed by atoms with Crippen LogP contribution in [-0.2, 0) is 16.0 Å². The van der Waals surface area contributed by atoms with E-state index in [0.717, 1.165) is 36.3 Å². The van der Waals surface area contributed by atoms with Crippen molar-refractivity contribution in [1.29, 1.82) is 0 Å². The molecule has 0 aromatic heterocycles. The van der Waals surface area contributed by atoms with Crippen LogP contribution in [0.4, 0.5) is 5.69 Å². The first-order valence-corrected chi connectivity index (χ1v) is 6.93. The van der Waals surface area contributed by atoms with Crippen LogP contribution in [0.15, 0.2) is 18.2 Å². The van der Waals surface area contributed by atoms with Crippen molar-refractivity contribution in [3.05, 3.63) is 29.3 Å². The van der Waals surface area contributed by atoms with Gasteiger partial charge in [0.05, 0.1) is 18.6 Å². The Labute approximate surface area is 113 Å². The lowest BCUT2D eigenvalue weighted by atomic mass is 9.95. The van der Waals surface area contributed by atoms with Gasteiger partial charge in [-0.1, -0.05) is 12.1 Å². The second kappa shape index (κ2) is 4.94. The Kier molecular flexibility index (Phi) is 3.29. The molecule has 2 aliphatic rings. The van der Waals surface area contributed by atoms with Gasteiger partial charge in [-0.15, -0.1) is 0 Å². The Morgan fingerprint density at radius 1 is 1.42 bits per heavy atom. The highest BCUT2D eigenvalue weighted by atomic mass is 16.5. The van der Waals surface area contributed by atoms with Gasteiger partial charge in [0, 0.05) is 19.3 Å². The first-order chi connectivity index (χ1) is 9.16. The molecule has 4 heteroatoms. The highest BCUT2D eigenvalue weighted by Gasteiger charge is 2.27. The van der Waals surface area contributed by atoms with Crippen LogP contribution in [0.5, 0.6) is 0 Å². The third-order valence-electron chi connectivity index (χ3n) is 4.18. The Hall–Kier alpha value is -1.39. The van der Waals surface area contributed by atoms with E-state index in [1.807, 2.05) is 19.2 Å². The van der Waals surface area contributed by atoms with Crippen LogP contribution in [0.25, 0.3) is 0 Å². The molecule has 0 bridgehead atoms. The fourth-order valence-electron chi connectivity index (χ4n) is 2.96. The molecule has 1 aromatic rings. The van der Waals surface area contributed by atoms with Crippen LogP contribution >= 0.6 is 0 Å². The zero-order valence-electron chi connectivity index (χ0n) is 11.3. The number of hydrogen-bond acceptors (Lipinski definition) is 3. The molecule has 0 radical (unpaired) electrons. The monoisotopic (exact) mass is 260 g/mol. The topological polar surface area (TPSA) is 55.6 Å². The van der Waals surface area contributed by atoms with Crippen LogP contribution in [0.1, 0.15) is 36.4 Å². The van der Waals surface area contributed by atoms with Crippen LogP contribution < -0.4 is 10.6 Å². The van der Waals surface area contributed by atoms with Crippen molar-refractivity contribution in [2.75, 3.05) is 18.6 Å². The van der Waals surface area contributed by atoms with Crippen LogP contribution in [-0.4, -0.2) is 25.7 Å². The minimum absolute atomic E-state index is 0.0911. The summed E-state index contributed by atoms with van der Waals surface area (Å²) in [6, 6.07) is 6.00. The molecule has 0 spiro atoms. The van der Waals surface area contributed by atoms with Gasteiger partial charge in [0.25, 0.3) is 0 Å². The molecule has 1 aromatic carbocycles. The van der Waals surface area contributed by atoms with Crippen LogP contribution in [0.2, 0.25) is 0 Å². The number of benzene rings is 1. The summed E-state index contributed by atoms with van der Waals surface area (Å²) in [7, 11) is 1.82. The summed E-state index contributed by atoms with van der Waals surface area (Å²) in [6.45, 7) is 0.810. The van der Waals surface area contributed by atoms with E-state index in [1.165, 1.54) is 6.42 Å². The first-order valence-electron chi connectivity index (χ1n) is 6.93. The Bertz CT molecular complexity index is 495. The average molecular weight is 260 g/mol. The smallest absolute Gasteiger partial charge is 0.231 e. The number of hydrogen-bond donors (Lipinski definition) is 1.